The molecule has 13 heteroatoms. The van der Waals surface area contributed by atoms with Crippen LogP contribution in [-0.2, 0) is 24.2 Å². The van der Waals surface area contributed by atoms with Gasteiger partial charge in [0, 0.05) is 17.9 Å². The second-order valence-corrected chi connectivity index (χ2v) is 12.7. The molecular formula is C21H22BrN3O7S2. The normalized spacial score (nSPS) is 21.8. The van der Waals surface area contributed by atoms with Crippen LogP contribution in [0.25, 0.3) is 0 Å². The van der Waals surface area contributed by atoms with Gasteiger partial charge in [-0.3, -0.25) is 9.59 Å². The number of ether oxygens (including phenoxy) is 2. The van der Waals surface area contributed by atoms with Crippen molar-refractivity contribution in [1.82, 2.24) is 5.32 Å². The number of morpholine rings is 1. The Hall–Kier alpha value is -2.48. The lowest BCUT2D eigenvalue weighted by Crippen LogP contribution is -2.58. The van der Waals surface area contributed by atoms with E-state index in [0.717, 1.165) is 9.35 Å². The Morgan fingerprint density at radius 1 is 1.26 bits per heavy atom. The zero-order chi connectivity index (χ0) is 24.5. The SMILES string of the molecule is Cc1cc(NC(=O)C2(NC(=O)Oc3ccc(Br)s3)CCS(=O)(=O)C2)ccc1N1CCOCC1=O. The lowest BCUT2D eigenvalue weighted by atomic mass is 9.97. The van der Waals surface area contributed by atoms with Crippen LogP contribution in [-0.4, -0.2) is 63.1 Å². The summed E-state index contributed by atoms with van der Waals surface area (Å²) in [5.41, 5.74) is 0.190. The Kier molecular flexibility index (Phi) is 6.99. The van der Waals surface area contributed by atoms with Crippen molar-refractivity contribution in [3.63, 3.8) is 0 Å². The number of nitrogens with one attached hydrogen (secondary N) is 2. The number of carbonyl (C=O) groups excluding carboxylic acids is 3. The number of anilines is 2. The highest BCUT2D eigenvalue weighted by Gasteiger charge is 2.50. The second-order valence-electron chi connectivity index (χ2n) is 8.05. The monoisotopic (exact) mass is 571 g/mol. The minimum absolute atomic E-state index is 0.0130. The third kappa shape index (κ3) is 5.43. The van der Waals surface area contributed by atoms with E-state index in [1.807, 2.05) is 0 Å². The Balaban J connectivity index is 1.51. The fourth-order valence-corrected chi connectivity index (χ4v) is 7.00. The van der Waals surface area contributed by atoms with Crippen LogP contribution in [0.3, 0.4) is 0 Å². The van der Waals surface area contributed by atoms with Gasteiger partial charge in [0.05, 0.1) is 21.9 Å². The van der Waals surface area contributed by atoms with Crippen LogP contribution in [0.15, 0.2) is 34.1 Å². The zero-order valence-electron chi connectivity index (χ0n) is 18.1. The van der Waals surface area contributed by atoms with Crippen LogP contribution < -0.4 is 20.3 Å². The number of rotatable bonds is 5. The minimum Gasteiger partial charge on any atom is -0.399 e. The highest BCUT2D eigenvalue weighted by molar-refractivity contribution is 9.11. The van der Waals surface area contributed by atoms with E-state index < -0.39 is 33.1 Å². The summed E-state index contributed by atoms with van der Waals surface area (Å²) >= 11 is 4.45. The third-order valence-corrected chi connectivity index (χ3v) is 8.82. The van der Waals surface area contributed by atoms with Gasteiger partial charge in [-0.25, -0.2) is 13.2 Å². The summed E-state index contributed by atoms with van der Waals surface area (Å²) < 4.78 is 35.6. The molecule has 3 amide bonds. The molecule has 2 saturated heterocycles. The molecule has 0 radical (unpaired) electrons. The van der Waals surface area contributed by atoms with E-state index in [0.29, 0.717) is 29.6 Å². The van der Waals surface area contributed by atoms with Gasteiger partial charge in [0.15, 0.2) is 14.9 Å². The summed E-state index contributed by atoms with van der Waals surface area (Å²) in [7, 11) is -3.53. The van der Waals surface area contributed by atoms with Crippen molar-refractivity contribution in [2.24, 2.45) is 0 Å². The Bertz CT molecular complexity index is 1250. The third-order valence-electron chi connectivity index (χ3n) is 5.56. The topological polar surface area (TPSA) is 131 Å². The van der Waals surface area contributed by atoms with E-state index >= 15 is 0 Å². The van der Waals surface area contributed by atoms with Crippen molar-refractivity contribution in [2.75, 3.05) is 41.5 Å². The van der Waals surface area contributed by atoms with Gasteiger partial charge in [-0.2, -0.15) is 0 Å². The standard InChI is InChI=1S/C21H22BrN3O7S2/c1-13-10-14(2-3-15(13)25-7-8-31-11-17(25)26)23-19(27)21(6-9-34(29,30)12-21)24-20(28)32-18-5-4-16(22)33-18/h2-5,10H,6-9,11-12H2,1H3,(H,23,27)(H,24,28). The van der Waals surface area contributed by atoms with Crippen molar-refractivity contribution in [3.8, 4) is 5.06 Å². The molecule has 1 aromatic heterocycles. The van der Waals surface area contributed by atoms with Crippen molar-refractivity contribution in [3.05, 3.63) is 39.7 Å². The molecule has 2 aliphatic heterocycles. The summed E-state index contributed by atoms with van der Waals surface area (Å²) in [6, 6.07) is 8.31. The van der Waals surface area contributed by atoms with Crippen molar-refractivity contribution in [1.29, 1.82) is 0 Å². The van der Waals surface area contributed by atoms with E-state index in [9.17, 15) is 22.8 Å². The van der Waals surface area contributed by atoms with Crippen LogP contribution in [0.4, 0.5) is 16.2 Å². The first-order chi connectivity index (χ1) is 16.1. The Morgan fingerprint density at radius 2 is 2.06 bits per heavy atom. The lowest BCUT2D eigenvalue weighted by Gasteiger charge is -2.29. The van der Waals surface area contributed by atoms with E-state index in [-0.39, 0.29) is 24.7 Å². The number of sulfone groups is 1. The average molecular weight is 572 g/mol. The quantitative estimate of drug-likeness (QED) is 0.563. The molecule has 0 spiro atoms. The minimum atomic E-state index is -3.53. The zero-order valence-corrected chi connectivity index (χ0v) is 21.3. The van der Waals surface area contributed by atoms with Gasteiger partial charge in [-0.1, -0.05) is 11.3 Å². The predicted molar refractivity (Wildman–Crippen MR) is 130 cm³/mol. The second kappa shape index (κ2) is 9.64. The van der Waals surface area contributed by atoms with E-state index in [1.165, 1.54) is 11.3 Å². The molecular weight excluding hydrogens is 550 g/mol. The van der Waals surface area contributed by atoms with E-state index in [4.69, 9.17) is 9.47 Å². The van der Waals surface area contributed by atoms with Gasteiger partial charge >= 0.3 is 6.09 Å². The number of aryl methyl sites for hydroxylation is 1. The molecule has 2 N–H and O–H groups in total. The maximum Gasteiger partial charge on any atom is 0.414 e. The highest BCUT2D eigenvalue weighted by atomic mass is 79.9. The molecule has 0 saturated carbocycles. The fraction of sp³-hybridized carbons (Fsp3) is 0.381. The number of hydrogen-bond acceptors (Lipinski definition) is 8. The summed E-state index contributed by atoms with van der Waals surface area (Å²) in [5, 5.41) is 5.49. The van der Waals surface area contributed by atoms with E-state index in [2.05, 4.69) is 26.6 Å². The lowest BCUT2D eigenvalue weighted by molar-refractivity contribution is -0.125. The van der Waals surface area contributed by atoms with Gasteiger partial charge in [0.2, 0.25) is 0 Å². The fourth-order valence-electron chi connectivity index (χ4n) is 3.91. The first kappa shape index (κ1) is 24.6. The van der Waals surface area contributed by atoms with Crippen LogP contribution >= 0.6 is 27.3 Å². The highest BCUT2D eigenvalue weighted by Crippen LogP contribution is 2.31. The molecule has 4 rings (SSSR count). The molecule has 2 fully saturated rings. The van der Waals surface area contributed by atoms with Crippen molar-refractivity contribution >= 4 is 66.4 Å². The molecule has 3 heterocycles. The van der Waals surface area contributed by atoms with Crippen LogP contribution in [0, 0.1) is 6.92 Å². The maximum absolute atomic E-state index is 13.2. The number of thiophene rings is 1. The molecule has 0 aliphatic carbocycles. The van der Waals surface area contributed by atoms with Crippen LogP contribution in [0.1, 0.15) is 12.0 Å². The predicted octanol–water partition coefficient (Wildman–Crippen LogP) is 2.47. The molecule has 1 aromatic carbocycles. The largest absolute Gasteiger partial charge is 0.414 e. The Morgan fingerprint density at radius 3 is 2.68 bits per heavy atom. The van der Waals surface area contributed by atoms with Gasteiger partial charge in [0.1, 0.15) is 12.1 Å². The van der Waals surface area contributed by atoms with Gasteiger partial charge < -0.3 is 25.0 Å². The smallest absolute Gasteiger partial charge is 0.399 e. The molecule has 2 aliphatic rings. The molecule has 2 aromatic rings. The van der Waals surface area contributed by atoms with Crippen molar-refractivity contribution < 1.29 is 32.3 Å². The molecule has 0 bridgehead atoms. The number of nitrogens with zero attached hydrogens (tertiary/aromatic N) is 1. The molecule has 1 unspecified atom stereocenters. The molecule has 1 atom stereocenters. The first-order valence-corrected chi connectivity index (χ1v) is 13.8. The van der Waals surface area contributed by atoms with Crippen LogP contribution in [0.5, 0.6) is 5.06 Å². The summed E-state index contributed by atoms with van der Waals surface area (Å²) in [6.07, 6.45) is -0.997. The van der Waals surface area contributed by atoms with Crippen molar-refractivity contribution in [2.45, 2.75) is 18.9 Å². The summed E-state index contributed by atoms with van der Waals surface area (Å²) in [4.78, 5) is 39.5. The number of hydrogen-bond donors (Lipinski definition) is 2. The van der Waals surface area contributed by atoms with Gasteiger partial charge in [0.25, 0.3) is 11.8 Å². The number of benzene rings is 1. The number of carbonyl (C=O) groups is 3. The number of halogens is 1. The van der Waals surface area contributed by atoms with Crippen LogP contribution in [0.2, 0.25) is 0 Å². The van der Waals surface area contributed by atoms with Gasteiger partial charge in [-0.15, -0.1) is 0 Å². The molecule has 10 nitrogen and oxygen atoms in total. The Labute approximate surface area is 208 Å². The first-order valence-electron chi connectivity index (χ1n) is 10.3. The van der Waals surface area contributed by atoms with E-state index in [1.54, 1.807) is 42.2 Å². The summed E-state index contributed by atoms with van der Waals surface area (Å²) in [5.74, 6) is -1.58. The summed E-state index contributed by atoms with van der Waals surface area (Å²) in [6.45, 7) is 2.68. The average Bonchev–Trinajstić information content (AvgIpc) is 3.31. The maximum atomic E-state index is 13.2. The van der Waals surface area contributed by atoms with Gasteiger partial charge in [-0.05, 0) is 65.2 Å². The molecule has 34 heavy (non-hydrogen) atoms. The number of amides is 3. The molecule has 182 valence electrons.